The fraction of sp³-hybridized carbons (Fsp3) is 0.333. The summed E-state index contributed by atoms with van der Waals surface area (Å²) < 4.78 is 0. The molecule has 0 radical (unpaired) electrons. The highest BCUT2D eigenvalue weighted by molar-refractivity contribution is 7.99. The first kappa shape index (κ1) is 18.5. The first-order valence-corrected chi connectivity index (χ1v) is 10.1. The Hall–Kier alpha value is -2.27. The number of hydrogen-bond donors (Lipinski definition) is 2. The van der Waals surface area contributed by atoms with Crippen molar-refractivity contribution in [2.24, 2.45) is 0 Å². The van der Waals surface area contributed by atoms with Gasteiger partial charge in [-0.25, -0.2) is 4.98 Å². The molecule has 0 fully saturated rings. The lowest BCUT2D eigenvalue weighted by atomic mass is 10.1. The second-order valence-electron chi connectivity index (χ2n) is 6.53. The van der Waals surface area contributed by atoms with Crippen molar-refractivity contribution in [3.63, 3.8) is 0 Å². The van der Waals surface area contributed by atoms with Gasteiger partial charge in [-0.2, -0.15) is 4.98 Å². The van der Waals surface area contributed by atoms with Crippen LogP contribution in [0.5, 0.6) is 0 Å². The molecular weight excluding hydrogens is 340 g/mol. The fourth-order valence-corrected chi connectivity index (χ4v) is 4.05. The van der Waals surface area contributed by atoms with E-state index in [-0.39, 0.29) is 5.95 Å². The highest BCUT2D eigenvalue weighted by atomic mass is 32.2. The van der Waals surface area contributed by atoms with Gasteiger partial charge in [0.05, 0.1) is 10.9 Å². The number of nitrogens with zero attached hydrogens (tertiary/aromatic N) is 2. The summed E-state index contributed by atoms with van der Waals surface area (Å²) in [6.45, 7) is 2.25. The normalized spacial score (nSPS) is 11.1. The lowest BCUT2D eigenvalue weighted by Gasteiger charge is -2.09. The Morgan fingerprint density at radius 3 is 2.42 bits per heavy atom. The highest BCUT2D eigenvalue weighted by Gasteiger charge is 2.09. The van der Waals surface area contributed by atoms with Crippen LogP contribution in [-0.2, 0) is 6.42 Å². The Morgan fingerprint density at radius 2 is 1.65 bits per heavy atom. The minimum absolute atomic E-state index is 0.209. The Labute approximate surface area is 159 Å². The molecule has 0 saturated carbocycles. The molecule has 0 saturated heterocycles. The lowest BCUT2D eigenvalue weighted by Crippen LogP contribution is -2.01. The molecule has 0 aliphatic rings. The van der Waals surface area contributed by atoms with Gasteiger partial charge in [0.1, 0.15) is 5.82 Å². The van der Waals surface area contributed by atoms with Gasteiger partial charge in [-0.15, -0.1) is 0 Å². The highest BCUT2D eigenvalue weighted by Crippen LogP contribution is 2.35. The molecule has 1 heterocycles. The zero-order chi connectivity index (χ0) is 18.4. The molecule has 136 valence electrons. The predicted octanol–water partition coefficient (Wildman–Crippen LogP) is 5.46. The van der Waals surface area contributed by atoms with Crippen LogP contribution in [0.1, 0.15) is 44.6 Å². The van der Waals surface area contributed by atoms with E-state index < -0.39 is 0 Å². The Kier molecular flexibility index (Phi) is 6.34. The first-order valence-electron chi connectivity index (χ1n) is 9.26. The minimum atomic E-state index is 0.209. The van der Waals surface area contributed by atoms with Crippen LogP contribution in [0.4, 0.5) is 11.8 Å². The number of aromatic nitrogens is 2. The van der Waals surface area contributed by atoms with E-state index in [1.54, 1.807) is 11.8 Å². The number of aryl methyl sites for hydroxylation is 1. The molecular formula is C21H26N4S. The number of nitrogens with two attached hydrogens (primary N) is 2. The van der Waals surface area contributed by atoms with E-state index in [4.69, 9.17) is 11.5 Å². The fourth-order valence-electron chi connectivity index (χ4n) is 3.07. The van der Waals surface area contributed by atoms with E-state index in [2.05, 4.69) is 41.2 Å². The standard InChI is InChI=1S/C21H26N4S/c1-2-3-4-5-6-8-15-11-13-16(14-12-15)26-18-10-7-9-17-19(18)20(22)25-21(23)24-17/h7,9-14H,2-6,8H2,1H3,(H4,22,23,24,25). The molecule has 5 heteroatoms. The number of nitrogen functional groups attached to an aromatic ring is 2. The van der Waals surface area contributed by atoms with Gasteiger partial charge < -0.3 is 11.5 Å². The van der Waals surface area contributed by atoms with Gasteiger partial charge in [-0.1, -0.05) is 62.6 Å². The van der Waals surface area contributed by atoms with E-state index >= 15 is 0 Å². The number of fused-ring (bicyclic) bond motifs is 1. The van der Waals surface area contributed by atoms with Crippen molar-refractivity contribution in [1.82, 2.24) is 9.97 Å². The van der Waals surface area contributed by atoms with Gasteiger partial charge in [0.25, 0.3) is 0 Å². The van der Waals surface area contributed by atoms with Crippen LogP contribution in [0.3, 0.4) is 0 Å². The summed E-state index contributed by atoms with van der Waals surface area (Å²) in [5, 5.41) is 0.867. The second-order valence-corrected chi connectivity index (χ2v) is 7.64. The topological polar surface area (TPSA) is 77.8 Å². The molecule has 3 aromatic rings. The average molecular weight is 367 g/mol. The van der Waals surface area contributed by atoms with Crippen LogP contribution in [0.25, 0.3) is 10.9 Å². The van der Waals surface area contributed by atoms with Crippen LogP contribution in [-0.4, -0.2) is 9.97 Å². The first-order chi connectivity index (χ1) is 12.7. The van der Waals surface area contributed by atoms with Crippen molar-refractivity contribution in [2.75, 3.05) is 11.5 Å². The van der Waals surface area contributed by atoms with E-state index in [0.29, 0.717) is 5.82 Å². The third kappa shape index (κ3) is 4.67. The molecule has 0 atom stereocenters. The molecule has 0 spiro atoms. The summed E-state index contributed by atoms with van der Waals surface area (Å²) >= 11 is 1.68. The quantitative estimate of drug-likeness (QED) is 0.518. The summed E-state index contributed by atoms with van der Waals surface area (Å²) in [7, 11) is 0. The summed E-state index contributed by atoms with van der Waals surface area (Å²) in [6, 6.07) is 14.7. The monoisotopic (exact) mass is 366 g/mol. The Morgan fingerprint density at radius 1 is 0.885 bits per heavy atom. The largest absolute Gasteiger partial charge is 0.383 e. The molecule has 0 unspecified atom stereocenters. The molecule has 0 aliphatic heterocycles. The molecule has 0 aliphatic carbocycles. The minimum Gasteiger partial charge on any atom is -0.383 e. The van der Waals surface area contributed by atoms with E-state index in [0.717, 1.165) is 22.2 Å². The van der Waals surface area contributed by atoms with Crippen LogP contribution in [0.2, 0.25) is 0 Å². The lowest BCUT2D eigenvalue weighted by molar-refractivity contribution is 0.632. The third-order valence-corrected chi connectivity index (χ3v) is 5.52. The van der Waals surface area contributed by atoms with Crippen molar-refractivity contribution in [2.45, 2.75) is 55.2 Å². The zero-order valence-corrected chi connectivity index (χ0v) is 16.1. The van der Waals surface area contributed by atoms with Gasteiger partial charge in [0.2, 0.25) is 5.95 Å². The number of hydrogen-bond acceptors (Lipinski definition) is 5. The van der Waals surface area contributed by atoms with Gasteiger partial charge in [0.15, 0.2) is 0 Å². The van der Waals surface area contributed by atoms with Crippen molar-refractivity contribution in [3.05, 3.63) is 48.0 Å². The second kappa shape index (κ2) is 8.90. The smallest absolute Gasteiger partial charge is 0.222 e. The molecule has 1 aromatic heterocycles. The number of unbranched alkanes of at least 4 members (excludes halogenated alkanes) is 4. The van der Waals surface area contributed by atoms with Crippen LogP contribution in [0, 0.1) is 0 Å². The predicted molar refractivity (Wildman–Crippen MR) is 111 cm³/mol. The summed E-state index contributed by atoms with van der Waals surface area (Å²) in [5.41, 5.74) is 14.0. The molecule has 0 amide bonds. The SMILES string of the molecule is CCCCCCCc1ccc(Sc2cccc3nc(N)nc(N)c23)cc1. The number of benzene rings is 2. The maximum Gasteiger partial charge on any atom is 0.222 e. The number of anilines is 2. The van der Waals surface area contributed by atoms with E-state index in [9.17, 15) is 0 Å². The van der Waals surface area contributed by atoms with Gasteiger partial charge in [-0.3, -0.25) is 0 Å². The Balaban J connectivity index is 1.69. The molecule has 4 N–H and O–H groups in total. The van der Waals surface area contributed by atoms with Crippen molar-refractivity contribution < 1.29 is 0 Å². The molecule has 0 bridgehead atoms. The van der Waals surface area contributed by atoms with Crippen LogP contribution in [0.15, 0.2) is 52.3 Å². The average Bonchev–Trinajstić information content (AvgIpc) is 2.62. The van der Waals surface area contributed by atoms with Crippen molar-refractivity contribution in [1.29, 1.82) is 0 Å². The van der Waals surface area contributed by atoms with E-state index in [1.807, 2.05) is 18.2 Å². The van der Waals surface area contributed by atoms with E-state index in [1.165, 1.54) is 42.6 Å². The molecule has 4 nitrogen and oxygen atoms in total. The van der Waals surface area contributed by atoms with Gasteiger partial charge in [0, 0.05) is 9.79 Å². The Bertz CT molecular complexity index is 862. The molecule has 3 rings (SSSR count). The van der Waals surface area contributed by atoms with Crippen molar-refractivity contribution >= 4 is 34.4 Å². The number of rotatable bonds is 8. The summed E-state index contributed by atoms with van der Waals surface area (Å²) in [4.78, 5) is 10.6. The third-order valence-electron chi connectivity index (χ3n) is 4.45. The van der Waals surface area contributed by atoms with Gasteiger partial charge in [-0.05, 0) is 42.7 Å². The van der Waals surface area contributed by atoms with Gasteiger partial charge >= 0.3 is 0 Å². The summed E-state index contributed by atoms with van der Waals surface area (Å²) in [6.07, 6.45) is 7.73. The molecule has 2 aromatic carbocycles. The summed E-state index contributed by atoms with van der Waals surface area (Å²) in [5.74, 6) is 0.639. The van der Waals surface area contributed by atoms with Crippen molar-refractivity contribution in [3.8, 4) is 0 Å². The maximum absolute atomic E-state index is 6.08. The maximum atomic E-state index is 6.08. The van der Waals surface area contributed by atoms with Crippen LogP contribution >= 0.6 is 11.8 Å². The molecule has 26 heavy (non-hydrogen) atoms. The zero-order valence-electron chi connectivity index (χ0n) is 15.2. The van der Waals surface area contributed by atoms with Crippen LogP contribution < -0.4 is 11.5 Å².